The topological polar surface area (TPSA) is 32.3 Å². The van der Waals surface area contributed by atoms with Crippen LogP contribution in [0, 0.1) is 12.8 Å². The van der Waals surface area contributed by atoms with Gasteiger partial charge in [-0.3, -0.25) is 4.79 Å². The molecule has 2 aliphatic rings. The predicted octanol–water partition coefficient (Wildman–Crippen LogP) is 1.75. The number of nitrogens with zero attached hydrogens (tertiary/aromatic N) is 1. The van der Waals surface area contributed by atoms with Gasteiger partial charge in [-0.1, -0.05) is 24.3 Å². The molecule has 1 aromatic rings. The molecule has 3 nitrogen and oxygen atoms in total. The van der Waals surface area contributed by atoms with Gasteiger partial charge in [0.05, 0.1) is 6.42 Å². The van der Waals surface area contributed by atoms with Crippen LogP contribution in [0.2, 0.25) is 0 Å². The van der Waals surface area contributed by atoms with Crippen molar-refractivity contribution in [3.8, 4) is 0 Å². The van der Waals surface area contributed by atoms with E-state index >= 15 is 0 Å². The van der Waals surface area contributed by atoms with Crippen LogP contribution < -0.4 is 5.32 Å². The molecule has 0 aliphatic carbocycles. The minimum Gasteiger partial charge on any atom is -0.342 e. The first-order chi connectivity index (χ1) is 9.24. The van der Waals surface area contributed by atoms with Gasteiger partial charge in [-0.15, -0.1) is 0 Å². The maximum Gasteiger partial charge on any atom is 0.227 e. The summed E-state index contributed by atoms with van der Waals surface area (Å²) < 4.78 is 0. The second-order valence-corrected chi connectivity index (χ2v) is 5.84. The Kier molecular flexibility index (Phi) is 3.56. The van der Waals surface area contributed by atoms with Crippen LogP contribution in [-0.2, 0) is 11.2 Å². The lowest BCUT2D eigenvalue weighted by Gasteiger charge is -2.35. The predicted molar refractivity (Wildman–Crippen MR) is 76.0 cm³/mol. The van der Waals surface area contributed by atoms with Gasteiger partial charge in [0, 0.05) is 19.1 Å². The molecule has 3 heteroatoms. The van der Waals surface area contributed by atoms with Crippen LogP contribution in [0.1, 0.15) is 24.0 Å². The highest BCUT2D eigenvalue weighted by Gasteiger charge is 2.34. The van der Waals surface area contributed by atoms with Crippen LogP contribution in [-0.4, -0.2) is 36.5 Å². The van der Waals surface area contributed by atoms with E-state index in [1.807, 2.05) is 12.1 Å². The minimum atomic E-state index is 0.291. The van der Waals surface area contributed by atoms with Crippen LogP contribution in [0.25, 0.3) is 0 Å². The summed E-state index contributed by atoms with van der Waals surface area (Å²) in [5.74, 6) is 0.967. The standard InChI is InChI=1S/C16H22N2O/c1-12-4-2-3-5-13(12)10-16(19)18-9-7-15-14(11-18)6-8-17-15/h2-5,14-15,17H,6-11H2,1H3. The van der Waals surface area contributed by atoms with E-state index in [2.05, 4.69) is 29.3 Å². The molecule has 2 fully saturated rings. The Morgan fingerprint density at radius 1 is 1.37 bits per heavy atom. The van der Waals surface area contributed by atoms with Crippen molar-refractivity contribution in [2.75, 3.05) is 19.6 Å². The Balaban J connectivity index is 1.63. The van der Waals surface area contributed by atoms with Crippen molar-refractivity contribution in [1.82, 2.24) is 10.2 Å². The molecule has 1 aromatic carbocycles. The summed E-state index contributed by atoms with van der Waals surface area (Å²) in [5.41, 5.74) is 2.38. The normalized spacial score (nSPS) is 26.3. The van der Waals surface area contributed by atoms with Crippen molar-refractivity contribution in [2.45, 2.75) is 32.2 Å². The summed E-state index contributed by atoms with van der Waals surface area (Å²) >= 11 is 0. The fraction of sp³-hybridized carbons (Fsp3) is 0.562. The van der Waals surface area contributed by atoms with Gasteiger partial charge < -0.3 is 10.2 Å². The number of hydrogen-bond donors (Lipinski definition) is 1. The molecule has 2 saturated heterocycles. The van der Waals surface area contributed by atoms with Gasteiger partial charge >= 0.3 is 0 Å². The SMILES string of the molecule is Cc1ccccc1CC(=O)N1CCC2NCCC2C1. The third-order valence-electron chi connectivity index (χ3n) is 4.61. The van der Waals surface area contributed by atoms with Gasteiger partial charge in [0.2, 0.25) is 5.91 Å². The van der Waals surface area contributed by atoms with Gasteiger partial charge in [-0.2, -0.15) is 0 Å². The number of carbonyl (C=O) groups is 1. The maximum absolute atomic E-state index is 12.4. The maximum atomic E-state index is 12.4. The average molecular weight is 258 g/mol. The molecule has 1 N–H and O–H groups in total. The number of nitrogens with one attached hydrogen (secondary N) is 1. The third-order valence-corrected chi connectivity index (χ3v) is 4.61. The Morgan fingerprint density at radius 3 is 3.05 bits per heavy atom. The van der Waals surface area contributed by atoms with Gasteiger partial charge in [0.25, 0.3) is 0 Å². The van der Waals surface area contributed by atoms with Crippen LogP contribution in [0.5, 0.6) is 0 Å². The molecule has 3 rings (SSSR count). The Labute approximate surface area is 115 Å². The van der Waals surface area contributed by atoms with Gasteiger partial charge in [-0.25, -0.2) is 0 Å². The van der Waals surface area contributed by atoms with Gasteiger partial charge in [0.1, 0.15) is 0 Å². The molecule has 0 radical (unpaired) electrons. The highest BCUT2D eigenvalue weighted by atomic mass is 16.2. The quantitative estimate of drug-likeness (QED) is 0.876. The molecule has 0 saturated carbocycles. The number of amides is 1. The summed E-state index contributed by atoms with van der Waals surface area (Å²) in [4.78, 5) is 14.5. The summed E-state index contributed by atoms with van der Waals surface area (Å²) in [6.07, 6.45) is 2.89. The smallest absolute Gasteiger partial charge is 0.227 e. The Bertz CT molecular complexity index is 472. The highest BCUT2D eigenvalue weighted by molar-refractivity contribution is 5.79. The Hall–Kier alpha value is -1.35. The van der Waals surface area contributed by atoms with E-state index in [1.165, 1.54) is 17.5 Å². The number of aryl methyl sites for hydroxylation is 1. The van der Waals surface area contributed by atoms with E-state index in [4.69, 9.17) is 0 Å². The van der Waals surface area contributed by atoms with Crippen LogP contribution in [0.4, 0.5) is 0 Å². The lowest BCUT2D eigenvalue weighted by atomic mass is 9.93. The van der Waals surface area contributed by atoms with Crippen molar-refractivity contribution >= 4 is 5.91 Å². The average Bonchev–Trinajstić information content (AvgIpc) is 2.88. The Morgan fingerprint density at radius 2 is 2.21 bits per heavy atom. The molecule has 102 valence electrons. The van der Waals surface area contributed by atoms with Crippen molar-refractivity contribution in [3.05, 3.63) is 35.4 Å². The lowest BCUT2D eigenvalue weighted by molar-refractivity contribution is -0.132. The number of carbonyl (C=O) groups excluding carboxylic acids is 1. The second kappa shape index (κ2) is 5.33. The van der Waals surface area contributed by atoms with Crippen molar-refractivity contribution in [2.24, 2.45) is 5.92 Å². The zero-order valence-corrected chi connectivity index (χ0v) is 11.6. The number of likely N-dealkylation sites (tertiary alicyclic amines) is 1. The zero-order valence-electron chi connectivity index (χ0n) is 11.6. The number of rotatable bonds is 2. The third kappa shape index (κ3) is 2.66. The number of piperidine rings is 1. The van der Waals surface area contributed by atoms with Gasteiger partial charge in [0.15, 0.2) is 0 Å². The summed E-state index contributed by atoms with van der Waals surface area (Å²) in [6.45, 7) is 5.06. The summed E-state index contributed by atoms with van der Waals surface area (Å²) in [7, 11) is 0. The summed E-state index contributed by atoms with van der Waals surface area (Å²) in [6, 6.07) is 8.84. The zero-order chi connectivity index (χ0) is 13.2. The van der Waals surface area contributed by atoms with Crippen molar-refractivity contribution in [3.63, 3.8) is 0 Å². The highest BCUT2D eigenvalue weighted by Crippen LogP contribution is 2.25. The van der Waals surface area contributed by atoms with Crippen molar-refractivity contribution in [1.29, 1.82) is 0 Å². The van der Waals surface area contributed by atoms with E-state index in [0.29, 0.717) is 24.3 Å². The number of hydrogen-bond acceptors (Lipinski definition) is 2. The molecule has 0 bridgehead atoms. The first-order valence-electron chi connectivity index (χ1n) is 7.29. The van der Waals surface area contributed by atoms with Crippen LogP contribution in [0.3, 0.4) is 0 Å². The first-order valence-corrected chi connectivity index (χ1v) is 7.29. The van der Waals surface area contributed by atoms with E-state index < -0.39 is 0 Å². The monoisotopic (exact) mass is 258 g/mol. The van der Waals surface area contributed by atoms with Crippen LogP contribution >= 0.6 is 0 Å². The minimum absolute atomic E-state index is 0.291. The molecular formula is C16H22N2O. The molecule has 2 aliphatic heterocycles. The van der Waals surface area contributed by atoms with Crippen molar-refractivity contribution < 1.29 is 4.79 Å². The fourth-order valence-corrected chi connectivity index (χ4v) is 3.36. The molecular weight excluding hydrogens is 236 g/mol. The number of fused-ring (bicyclic) bond motifs is 1. The number of benzene rings is 1. The first kappa shape index (κ1) is 12.7. The fourth-order valence-electron chi connectivity index (χ4n) is 3.36. The molecule has 2 atom stereocenters. The van der Waals surface area contributed by atoms with E-state index in [1.54, 1.807) is 0 Å². The second-order valence-electron chi connectivity index (χ2n) is 5.84. The largest absolute Gasteiger partial charge is 0.342 e. The molecule has 2 unspecified atom stereocenters. The summed E-state index contributed by atoms with van der Waals surface area (Å²) in [5, 5.41) is 3.54. The van der Waals surface area contributed by atoms with Gasteiger partial charge in [-0.05, 0) is 43.4 Å². The van der Waals surface area contributed by atoms with Crippen LogP contribution in [0.15, 0.2) is 24.3 Å². The van der Waals surface area contributed by atoms with E-state index in [9.17, 15) is 4.79 Å². The molecule has 1 amide bonds. The van der Waals surface area contributed by atoms with E-state index in [-0.39, 0.29) is 0 Å². The molecule has 2 heterocycles. The molecule has 19 heavy (non-hydrogen) atoms. The molecule has 0 aromatic heterocycles. The lowest BCUT2D eigenvalue weighted by Crippen LogP contribution is -2.47. The van der Waals surface area contributed by atoms with E-state index in [0.717, 1.165) is 26.1 Å². The molecule has 0 spiro atoms.